The highest BCUT2D eigenvalue weighted by molar-refractivity contribution is 5.97. The molecular weight excluding hydrogens is 456 g/mol. The van der Waals surface area contributed by atoms with Gasteiger partial charge in [0, 0.05) is 28.4 Å². The fourth-order valence-electron chi connectivity index (χ4n) is 4.71. The highest BCUT2D eigenvalue weighted by Gasteiger charge is 2.33. The Kier molecular flexibility index (Phi) is 6.22. The molecule has 0 radical (unpaired) electrons. The molecule has 1 aromatic carbocycles. The minimum absolute atomic E-state index is 0.453. The van der Waals surface area contributed by atoms with E-state index >= 15 is 0 Å². The second-order valence-corrected chi connectivity index (χ2v) is 10.1. The quantitative estimate of drug-likeness (QED) is 0.404. The van der Waals surface area contributed by atoms with E-state index in [0.717, 1.165) is 46.4 Å². The summed E-state index contributed by atoms with van der Waals surface area (Å²) in [6.07, 6.45) is 4.17. The molecule has 0 bridgehead atoms. The SMILES string of the molecule is Cc1nc2c(cnn2Cc2ccccn2)c(-c2ccc3c(c2)CCCO3)c1[C@H](OC(C)(C)C)C(=O)O. The first kappa shape index (κ1) is 23.9. The van der Waals surface area contributed by atoms with E-state index in [1.807, 2.05) is 58.0 Å². The van der Waals surface area contributed by atoms with Gasteiger partial charge in [-0.2, -0.15) is 5.10 Å². The van der Waals surface area contributed by atoms with Gasteiger partial charge in [-0.1, -0.05) is 12.1 Å². The van der Waals surface area contributed by atoms with Crippen molar-refractivity contribution in [3.8, 4) is 16.9 Å². The molecule has 36 heavy (non-hydrogen) atoms. The first-order valence-electron chi connectivity index (χ1n) is 12.1. The molecule has 0 saturated carbocycles. The highest BCUT2D eigenvalue weighted by atomic mass is 16.5. The minimum Gasteiger partial charge on any atom is -0.493 e. The van der Waals surface area contributed by atoms with Crippen molar-refractivity contribution in [3.63, 3.8) is 0 Å². The molecule has 1 aliphatic rings. The van der Waals surface area contributed by atoms with Gasteiger partial charge in [-0.25, -0.2) is 14.5 Å². The number of benzene rings is 1. The zero-order valence-corrected chi connectivity index (χ0v) is 21.0. The van der Waals surface area contributed by atoms with Gasteiger partial charge in [0.25, 0.3) is 0 Å². The van der Waals surface area contributed by atoms with Gasteiger partial charge in [-0.3, -0.25) is 4.98 Å². The van der Waals surface area contributed by atoms with E-state index in [2.05, 4.69) is 16.1 Å². The Morgan fingerprint density at radius 3 is 2.81 bits per heavy atom. The number of nitrogens with zero attached hydrogens (tertiary/aromatic N) is 4. The molecule has 0 spiro atoms. The summed E-state index contributed by atoms with van der Waals surface area (Å²) >= 11 is 0. The maximum absolute atomic E-state index is 12.5. The Hall–Kier alpha value is -3.78. The molecule has 1 atom stereocenters. The lowest BCUT2D eigenvalue weighted by molar-refractivity contribution is -0.160. The molecule has 0 unspecified atom stereocenters. The van der Waals surface area contributed by atoms with E-state index in [1.54, 1.807) is 17.1 Å². The maximum Gasteiger partial charge on any atom is 0.337 e. The smallest absolute Gasteiger partial charge is 0.337 e. The number of aryl methyl sites for hydroxylation is 2. The van der Waals surface area contributed by atoms with E-state index in [9.17, 15) is 9.90 Å². The van der Waals surface area contributed by atoms with Crippen LogP contribution in [0, 0.1) is 6.92 Å². The zero-order valence-electron chi connectivity index (χ0n) is 21.0. The molecule has 4 aromatic rings. The Labute approximate surface area is 209 Å². The van der Waals surface area contributed by atoms with Gasteiger partial charge < -0.3 is 14.6 Å². The van der Waals surface area contributed by atoms with Crippen molar-refractivity contribution in [1.29, 1.82) is 0 Å². The van der Waals surface area contributed by atoms with Crippen LogP contribution in [-0.4, -0.2) is 43.0 Å². The number of carboxylic acid groups (broad SMARTS) is 1. The van der Waals surface area contributed by atoms with Gasteiger partial charge in [-0.15, -0.1) is 0 Å². The lowest BCUT2D eigenvalue weighted by Crippen LogP contribution is -2.28. The summed E-state index contributed by atoms with van der Waals surface area (Å²) in [5.74, 6) is -0.183. The number of fused-ring (bicyclic) bond motifs is 2. The fraction of sp³-hybridized carbons (Fsp3) is 0.357. The van der Waals surface area contributed by atoms with Crippen LogP contribution in [-0.2, 0) is 22.5 Å². The van der Waals surface area contributed by atoms with E-state index < -0.39 is 17.7 Å². The number of rotatable bonds is 6. The zero-order chi connectivity index (χ0) is 25.4. The fourth-order valence-corrected chi connectivity index (χ4v) is 4.71. The van der Waals surface area contributed by atoms with Crippen LogP contribution in [0.15, 0.2) is 48.8 Å². The number of carboxylic acids is 1. The number of carbonyl (C=O) groups is 1. The topological polar surface area (TPSA) is 99.4 Å². The number of pyridine rings is 2. The van der Waals surface area contributed by atoms with Crippen LogP contribution >= 0.6 is 0 Å². The Morgan fingerprint density at radius 2 is 2.08 bits per heavy atom. The number of hydrogen-bond acceptors (Lipinski definition) is 6. The Balaban J connectivity index is 1.75. The molecular formula is C28H30N4O4. The van der Waals surface area contributed by atoms with Gasteiger partial charge in [0.05, 0.1) is 30.6 Å². The predicted octanol–water partition coefficient (Wildman–Crippen LogP) is 5.12. The second kappa shape index (κ2) is 9.35. The third-order valence-electron chi connectivity index (χ3n) is 6.21. The van der Waals surface area contributed by atoms with Crippen molar-refractivity contribution in [1.82, 2.24) is 19.7 Å². The Bertz CT molecular complexity index is 1420. The normalized spacial score (nSPS) is 14.3. The highest BCUT2D eigenvalue weighted by Crippen LogP contribution is 2.41. The Morgan fingerprint density at radius 1 is 1.25 bits per heavy atom. The average Bonchev–Trinajstić information content (AvgIpc) is 3.23. The largest absolute Gasteiger partial charge is 0.493 e. The summed E-state index contributed by atoms with van der Waals surface area (Å²) in [5.41, 5.74) is 4.76. The summed E-state index contributed by atoms with van der Waals surface area (Å²) < 4.78 is 13.7. The number of hydrogen-bond donors (Lipinski definition) is 1. The lowest BCUT2D eigenvalue weighted by atomic mass is 9.90. The standard InChI is InChI=1S/C28H30N4O4/c1-17-23(25(27(33)34)36-28(2,3)4)24(19-10-11-22-18(14-19)8-7-13-35-22)21-15-30-32(26(21)31-17)16-20-9-5-6-12-29-20/h5-6,9-12,14-15,25H,7-8,13,16H2,1-4H3,(H,33,34)/t25-/m0/s1. The molecule has 4 heterocycles. The van der Waals surface area contributed by atoms with E-state index in [-0.39, 0.29) is 0 Å². The van der Waals surface area contributed by atoms with Gasteiger partial charge in [0.15, 0.2) is 11.8 Å². The molecule has 0 saturated heterocycles. The van der Waals surface area contributed by atoms with Gasteiger partial charge >= 0.3 is 5.97 Å². The van der Waals surface area contributed by atoms with Crippen LogP contribution in [0.1, 0.15) is 55.8 Å². The van der Waals surface area contributed by atoms with Crippen LogP contribution in [0.4, 0.5) is 0 Å². The van der Waals surface area contributed by atoms with Gasteiger partial charge in [-0.05, 0) is 75.9 Å². The number of aromatic nitrogens is 4. The predicted molar refractivity (Wildman–Crippen MR) is 136 cm³/mol. The molecule has 0 aliphatic carbocycles. The van der Waals surface area contributed by atoms with Crippen molar-refractivity contribution in [2.75, 3.05) is 6.61 Å². The van der Waals surface area contributed by atoms with E-state index in [1.165, 1.54) is 0 Å². The van der Waals surface area contributed by atoms with Crippen molar-refractivity contribution in [2.45, 2.75) is 58.8 Å². The molecule has 0 fully saturated rings. The van der Waals surface area contributed by atoms with Crippen LogP contribution < -0.4 is 4.74 Å². The molecule has 3 aromatic heterocycles. The van der Waals surface area contributed by atoms with Gasteiger partial charge in [0.2, 0.25) is 0 Å². The summed E-state index contributed by atoms with van der Waals surface area (Å²) in [5, 5.41) is 15.6. The number of aliphatic carboxylic acids is 1. The summed E-state index contributed by atoms with van der Waals surface area (Å²) in [6.45, 7) is 8.55. The maximum atomic E-state index is 12.5. The summed E-state index contributed by atoms with van der Waals surface area (Å²) in [7, 11) is 0. The molecule has 1 N–H and O–H groups in total. The minimum atomic E-state index is -1.19. The third kappa shape index (κ3) is 4.68. The molecule has 8 heteroatoms. The monoisotopic (exact) mass is 486 g/mol. The van der Waals surface area contributed by atoms with Crippen LogP contribution in [0.25, 0.3) is 22.2 Å². The van der Waals surface area contributed by atoms with Crippen LogP contribution in [0.2, 0.25) is 0 Å². The van der Waals surface area contributed by atoms with E-state index in [0.29, 0.717) is 30.1 Å². The molecule has 0 amide bonds. The molecule has 5 rings (SSSR count). The van der Waals surface area contributed by atoms with E-state index in [4.69, 9.17) is 14.5 Å². The third-order valence-corrected chi connectivity index (χ3v) is 6.21. The lowest BCUT2D eigenvalue weighted by Gasteiger charge is -2.28. The van der Waals surface area contributed by atoms with Gasteiger partial charge in [0.1, 0.15) is 5.75 Å². The van der Waals surface area contributed by atoms with Crippen molar-refractivity contribution < 1.29 is 19.4 Å². The van der Waals surface area contributed by atoms with Crippen molar-refractivity contribution in [3.05, 3.63) is 71.3 Å². The summed E-state index contributed by atoms with van der Waals surface area (Å²) in [6, 6.07) is 11.8. The molecule has 8 nitrogen and oxygen atoms in total. The van der Waals surface area contributed by atoms with Crippen LogP contribution in [0.5, 0.6) is 5.75 Å². The first-order chi connectivity index (χ1) is 17.2. The first-order valence-corrected chi connectivity index (χ1v) is 12.1. The van der Waals surface area contributed by atoms with Crippen molar-refractivity contribution in [2.24, 2.45) is 0 Å². The average molecular weight is 487 g/mol. The number of ether oxygens (including phenoxy) is 2. The second-order valence-electron chi connectivity index (χ2n) is 10.1. The molecule has 1 aliphatic heterocycles. The summed E-state index contributed by atoms with van der Waals surface area (Å²) in [4.78, 5) is 21.8. The molecule has 186 valence electrons. The van der Waals surface area contributed by atoms with Crippen molar-refractivity contribution >= 4 is 17.0 Å². The van der Waals surface area contributed by atoms with Crippen LogP contribution in [0.3, 0.4) is 0 Å².